The fourth-order valence-electron chi connectivity index (χ4n) is 2.71. The highest BCUT2D eigenvalue weighted by Gasteiger charge is 2.19. The molecule has 2 fully saturated rings. The maximum absolute atomic E-state index is 5.94. The first kappa shape index (κ1) is 9.26. The summed E-state index contributed by atoms with van der Waals surface area (Å²) in [5, 5.41) is 0. The van der Waals surface area contributed by atoms with Crippen molar-refractivity contribution in [2.75, 3.05) is 0 Å². The summed E-state index contributed by atoms with van der Waals surface area (Å²) in [6, 6.07) is 0.478. The zero-order chi connectivity index (χ0) is 9.10. The van der Waals surface area contributed by atoms with Crippen molar-refractivity contribution >= 4 is 0 Å². The summed E-state index contributed by atoms with van der Waals surface area (Å²) < 4.78 is 0. The SMILES string of the molecule is NC1CCC(=C2CCCCCC2)C1. The van der Waals surface area contributed by atoms with E-state index in [0.717, 1.165) is 0 Å². The number of rotatable bonds is 0. The maximum atomic E-state index is 5.94. The van der Waals surface area contributed by atoms with Crippen molar-refractivity contribution in [2.24, 2.45) is 5.73 Å². The number of nitrogens with two attached hydrogens (primary N) is 1. The van der Waals surface area contributed by atoms with Gasteiger partial charge in [0.25, 0.3) is 0 Å². The molecule has 13 heavy (non-hydrogen) atoms. The van der Waals surface area contributed by atoms with E-state index in [2.05, 4.69) is 0 Å². The molecule has 2 aliphatic rings. The average molecular weight is 179 g/mol. The molecule has 0 bridgehead atoms. The molecule has 0 aromatic heterocycles. The van der Waals surface area contributed by atoms with Crippen LogP contribution in [0.1, 0.15) is 57.8 Å². The molecule has 1 nitrogen and oxygen atoms in total. The minimum absolute atomic E-state index is 0.478. The van der Waals surface area contributed by atoms with Gasteiger partial charge in [-0.3, -0.25) is 0 Å². The molecule has 0 spiro atoms. The summed E-state index contributed by atoms with van der Waals surface area (Å²) in [4.78, 5) is 0. The number of hydrogen-bond donors (Lipinski definition) is 1. The van der Waals surface area contributed by atoms with Gasteiger partial charge < -0.3 is 5.73 Å². The van der Waals surface area contributed by atoms with Crippen LogP contribution in [0.3, 0.4) is 0 Å². The first-order chi connectivity index (χ1) is 6.36. The van der Waals surface area contributed by atoms with Crippen molar-refractivity contribution in [2.45, 2.75) is 63.8 Å². The summed E-state index contributed by atoms with van der Waals surface area (Å²) in [7, 11) is 0. The van der Waals surface area contributed by atoms with Crippen LogP contribution in [0.4, 0.5) is 0 Å². The van der Waals surface area contributed by atoms with Crippen LogP contribution in [0.25, 0.3) is 0 Å². The van der Waals surface area contributed by atoms with Gasteiger partial charge in [0.2, 0.25) is 0 Å². The molecule has 0 aromatic rings. The van der Waals surface area contributed by atoms with Gasteiger partial charge >= 0.3 is 0 Å². The highest BCUT2D eigenvalue weighted by molar-refractivity contribution is 5.19. The van der Waals surface area contributed by atoms with E-state index >= 15 is 0 Å². The Hall–Kier alpha value is -0.300. The highest BCUT2D eigenvalue weighted by Crippen LogP contribution is 2.33. The van der Waals surface area contributed by atoms with Crippen molar-refractivity contribution in [1.29, 1.82) is 0 Å². The Morgan fingerprint density at radius 3 is 2.08 bits per heavy atom. The molecular formula is C12H21N. The Bertz CT molecular complexity index is 195. The molecular weight excluding hydrogens is 158 g/mol. The molecule has 0 aliphatic heterocycles. The minimum atomic E-state index is 0.478. The van der Waals surface area contributed by atoms with Gasteiger partial charge in [-0.25, -0.2) is 0 Å². The van der Waals surface area contributed by atoms with E-state index in [4.69, 9.17) is 5.73 Å². The van der Waals surface area contributed by atoms with Gasteiger partial charge in [0.15, 0.2) is 0 Å². The lowest BCUT2D eigenvalue weighted by molar-refractivity contribution is 0.702. The number of allylic oxidation sites excluding steroid dienone is 1. The molecule has 74 valence electrons. The topological polar surface area (TPSA) is 26.0 Å². The first-order valence-electron chi connectivity index (χ1n) is 5.81. The van der Waals surface area contributed by atoms with Gasteiger partial charge in [-0.2, -0.15) is 0 Å². The lowest BCUT2D eigenvalue weighted by Crippen LogP contribution is -2.13. The summed E-state index contributed by atoms with van der Waals surface area (Å²) in [5.41, 5.74) is 9.45. The normalized spacial score (nSPS) is 30.7. The average Bonchev–Trinajstić information content (AvgIpc) is 2.43. The molecule has 0 amide bonds. The standard InChI is InChI=1S/C12H21N/c13-12-8-7-11(9-12)10-5-3-1-2-4-6-10/h12H,1-9,13H2. The van der Waals surface area contributed by atoms with Crippen LogP contribution < -0.4 is 5.73 Å². The molecule has 0 radical (unpaired) electrons. The van der Waals surface area contributed by atoms with Crippen LogP contribution in [0, 0.1) is 0 Å². The van der Waals surface area contributed by atoms with E-state index < -0.39 is 0 Å². The minimum Gasteiger partial charge on any atom is -0.327 e. The van der Waals surface area contributed by atoms with Gasteiger partial charge in [0.1, 0.15) is 0 Å². The maximum Gasteiger partial charge on any atom is 0.00792 e. The van der Waals surface area contributed by atoms with E-state index in [-0.39, 0.29) is 0 Å². The van der Waals surface area contributed by atoms with E-state index in [0.29, 0.717) is 6.04 Å². The monoisotopic (exact) mass is 179 g/mol. The third kappa shape index (κ3) is 2.34. The Morgan fingerprint density at radius 1 is 0.846 bits per heavy atom. The molecule has 2 N–H and O–H groups in total. The van der Waals surface area contributed by atoms with Crippen LogP contribution in [0.2, 0.25) is 0 Å². The molecule has 2 saturated carbocycles. The predicted molar refractivity (Wildman–Crippen MR) is 56.6 cm³/mol. The molecule has 1 atom stereocenters. The van der Waals surface area contributed by atoms with Crippen molar-refractivity contribution < 1.29 is 0 Å². The van der Waals surface area contributed by atoms with Crippen LogP contribution in [0.15, 0.2) is 11.1 Å². The van der Waals surface area contributed by atoms with Crippen molar-refractivity contribution in [3.8, 4) is 0 Å². The highest BCUT2D eigenvalue weighted by atomic mass is 14.6. The first-order valence-corrected chi connectivity index (χ1v) is 5.81. The lowest BCUT2D eigenvalue weighted by atomic mass is 10.00. The Labute approximate surface area is 81.4 Å². The van der Waals surface area contributed by atoms with Gasteiger partial charge in [-0.15, -0.1) is 0 Å². The van der Waals surface area contributed by atoms with Gasteiger partial charge in [-0.05, 0) is 44.9 Å². The van der Waals surface area contributed by atoms with E-state index in [9.17, 15) is 0 Å². The van der Waals surface area contributed by atoms with E-state index in [1.807, 2.05) is 0 Å². The second-order valence-electron chi connectivity index (χ2n) is 4.62. The van der Waals surface area contributed by atoms with Gasteiger partial charge in [-0.1, -0.05) is 24.0 Å². The Morgan fingerprint density at radius 2 is 1.54 bits per heavy atom. The molecule has 0 heterocycles. The summed E-state index contributed by atoms with van der Waals surface area (Å²) in [6.07, 6.45) is 12.2. The van der Waals surface area contributed by atoms with Crippen LogP contribution in [-0.2, 0) is 0 Å². The van der Waals surface area contributed by atoms with E-state index in [1.165, 1.54) is 57.8 Å². The van der Waals surface area contributed by atoms with Crippen LogP contribution in [0.5, 0.6) is 0 Å². The smallest absolute Gasteiger partial charge is 0.00792 e. The summed E-state index contributed by atoms with van der Waals surface area (Å²) in [5.74, 6) is 0. The fourth-order valence-corrected chi connectivity index (χ4v) is 2.71. The molecule has 0 saturated heterocycles. The van der Waals surface area contributed by atoms with Gasteiger partial charge in [0, 0.05) is 6.04 Å². The van der Waals surface area contributed by atoms with E-state index in [1.54, 1.807) is 11.1 Å². The zero-order valence-corrected chi connectivity index (χ0v) is 8.52. The van der Waals surface area contributed by atoms with Crippen LogP contribution >= 0.6 is 0 Å². The molecule has 1 unspecified atom stereocenters. The van der Waals surface area contributed by atoms with Crippen molar-refractivity contribution in [3.63, 3.8) is 0 Å². The lowest BCUT2D eigenvalue weighted by Gasteiger charge is -2.07. The third-order valence-corrected chi connectivity index (χ3v) is 3.53. The summed E-state index contributed by atoms with van der Waals surface area (Å²) in [6.45, 7) is 0. The van der Waals surface area contributed by atoms with Crippen LogP contribution in [-0.4, -0.2) is 6.04 Å². The zero-order valence-electron chi connectivity index (χ0n) is 8.52. The largest absolute Gasteiger partial charge is 0.327 e. The van der Waals surface area contributed by atoms with Crippen molar-refractivity contribution in [1.82, 2.24) is 0 Å². The quantitative estimate of drug-likeness (QED) is 0.448. The Kier molecular flexibility index (Phi) is 3.05. The second kappa shape index (κ2) is 4.28. The van der Waals surface area contributed by atoms with Gasteiger partial charge in [0.05, 0.1) is 0 Å². The molecule has 1 heteroatoms. The third-order valence-electron chi connectivity index (χ3n) is 3.53. The molecule has 0 aromatic carbocycles. The molecule has 2 rings (SSSR count). The van der Waals surface area contributed by atoms with Crippen molar-refractivity contribution in [3.05, 3.63) is 11.1 Å². The predicted octanol–water partition coefficient (Wildman–Crippen LogP) is 3.15. The second-order valence-corrected chi connectivity index (χ2v) is 4.62. The fraction of sp³-hybridized carbons (Fsp3) is 0.833. The number of hydrogen-bond acceptors (Lipinski definition) is 1. The molecule has 2 aliphatic carbocycles. The Balaban J connectivity index is 2.03. The summed E-state index contributed by atoms with van der Waals surface area (Å²) >= 11 is 0.